The number of thiophene rings is 1. The average molecular weight is 472 g/mol. The molecule has 10 heteroatoms. The van der Waals surface area contributed by atoms with E-state index in [-0.39, 0.29) is 30.0 Å². The molecule has 0 amide bonds. The average Bonchev–Trinajstić information content (AvgIpc) is 3.16. The van der Waals surface area contributed by atoms with Gasteiger partial charge in [-0.2, -0.15) is 5.10 Å². The van der Waals surface area contributed by atoms with Crippen molar-refractivity contribution in [2.75, 3.05) is 0 Å². The highest BCUT2D eigenvalue weighted by Crippen LogP contribution is 2.39. The van der Waals surface area contributed by atoms with Crippen molar-refractivity contribution >= 4 is 33.5 Å². The van der Waals surface area contributed by atoms with Gasteiger partial charge in [-0.3, -0.25) is 23.3 Å². The lowest BCUT2D eigenvalue weighted by molar-refractivity contribution is 0.622. The van der Waals surface area contributed by atoms with Crippen LogP contribution in [0.4, 0.5) is 4.39 Å². The van der Waals surface area contributed by atoms with Crippen LogP contribution in [0, 0.1) is 5.82 Å². The van der Waals surface area contributed by atoms with Gasteiger partial charge in [0.15, 0.2) is 0 Å². The Morgan fingerprint density at radius 1 is 1.16 bits per heavy atom. The quantitative estimate of drug-likeness (QED) is 0.419. The molecule has 3 aromatic heterocycles. The number of aryl methyl sites for hydroxylation is 1. The first kappa shape index (κ1) is 21.2. The molecule has 1 aliphatic carbocycles. The zero-order valence-corrected chi connectivity index (χ0v) is 19.3. The highest BCUT2D eigenvalue weighted by Gasteiger charge is 2.37. The monoisotopic (exact) mass is 471 g/mol. The lowest BCUT2D eigenvalue weighted by Gasteiger charge is -2.11. The Morgan fingerprint density at radius 2 is 1.88 bits per heavy atom. The van der Waals surface area contributed by atoms with Gasteiger partial charge in [0.2, 0.25) is 0 Å². The zero-order valence-electron chi connectivity index (χ0n) is 17.7. The van der Waals surface area contributed by atoms with Crippen molar-refractivity contribution < 1.29 is 4.39 Å². The summed E-state index contributed by atoms with van der Waals surface area (Å²) in [6.07, 6.45) is 5.68. The molecule has 32 heavy (non-hydrogen) atoms. The Labute approximate surface area is 191 Å². The van der Waals surface area contributed by atoms with Gasteiger partial charge in [0, 0.05) is 24.3 Å². The molecule has 0 saturated heterocycles. The van der Waals surface area contributed by atoms with E-state index in [9.17, 15) is 14.0 Å². The van der Waals surface area contributed by atoms with Crippen LogP contribution >= 0.6 is 23.3 Å². The summed E-state index contributed by atoms with van der Waals surface area (Å²) in [6, 6.07) is 7.91. The fourth-order valence-electron chi connectivity index (χ4n) is 3.48. The van der Waals surface area contributed by atoms with Gasteiger partial charge in [-0.1, -0.05) is 12.1 Å². The normalized spacial score (nSPS) is 14.8. The third-order valence-corrected chi connectivity index (χ3v) is 7.99. The van der Waals surface area contributed by atoms with Crippen molar-refractivity contribution in [3.63, 3.8) is 0 Å². The van der Waals surface area contributed by atoms with Crippen molar-refractivity contribution in [1.29, 1.82) is 0 Å². The van der Waals surface area contributed by atoms with E-state index in [1.54, 1.807) is 40.8 Å². The Kier molecular flexibility index (Phi) is 5.31. The number of rotatable bonds is 7. The van der Waals surface area contributed by atoms with Crippen LogP contribution < -0.4 is 16.0 Å². The molecule has 0 radical (unpaired) electrons. The van der Waals surface area contributed by atoms with E-state index in [1.165, 1.54) is 40.0 Å². The van der Waals surface area contributed by atoms with E-state index >= 15 is 0 Å². The molecule has 0 atom stereocenters. The van der Waals surface area contributed by atoms with Crippen LogP contribution in [-0.4, -0.2) is 24.5 Å². The number of hydrogen-bond donors (Lipinski definition) is 1. The molecule has 1 N–H and O–H groups in total. The molecule has 5 rings (SSSR count). The number of hydrogen-bond acceptors (Lipinski definition) is 6. The second-order valence-electron chi connectivity index (χ2n) is 8.46. The SMILES string of the molecule is Cn1cc(Cn2c(=O)c3cc(SNC4(C)CC4)sc3n(Cc3ccc(F)cc3)c2=O)cn1. The summed E-state index contributed by atoms with van der Waals surface area (Å²) in [6.45, 7) is 2.55. The number of aromatic nitrogens is 4. The molecule has 1 saturated carbocycles. The zero-order chi connectivity index (χ0) is 22.5. The first-order valence-electron chi connectivity index (χ1n) is 10.2. The largest absolute Gasteiger partial charge is 0.332 e. The Bertz CT molecular complexity index is 1410. The molecule has 0 aliphatic heterocycles. The van der Waals surface area contributed by atoms with E-state index in [0.717, 1.165) is 28.2 Å². The fraction of sp³-hybridized carbons (Fsp3) is 0.318. The molecule has 166 valence electrons. The first-order valence-corrected chi connectivity index (χ1v) is 11.9. The minimum atomic E-state index is -0.392. The molecule has 0 bridgehead atoms. The molecule has 4 aromatic rings. The van der Waals surface area contributed by atoms with Crippen molar-refractivity contribution in [2.24, 2.45) is 7.05 Å². The van der Waals surface area contributed by atoms with Crippen LogP contribution in [0.25, 0.3) is 10.2 Å². The van der Waals surface area contributed by atoms with Crippen LogP contribution in [-0.2, 0) is 20.1 Å². The second-order valence-corrected chi connectivity index (χ2v) is 10.6. The van der Waals surface area contributed by atoms with E-state index in [4.69, 9.17) is 0 Å². The molecule has 1 aliphatic rings. The number of nitrogens with one attached hydrogen (secondary N) is 1. The van der Waals surface area contributed by atoms with E-state index in [0.29, 0.717) is 10.2 Å². The smallest absolute Gasteiger partial charge is 0.280 e. The Hall–Kier alpha value is -2.69. The lowest BCUT2D eigenvalue weighted by Crippen LogP contribution is -2.40. The fourth-order valence-corrected chi connectivity index (χ4v) is 5.61. The summed E-state index contributed by atoms with van der Waals surface area (Å²) in [7, 11) is 1.79. The van der Waals surface area contributed by atoms with Crippen LogP contribution in [0.3, 0.4) is 0 Å². The third-order valence-electron chi connectivity index (χ3n) is 5.62. The molecular formula is C22H22FN5O2S2. The number of benzene rings is 1. The highest BCUT2D eigenvalue weighted by molar-refractivity contribution is 7.99. The van der Waals surface area contributed by atoms with Gasteiger partial charge in [0.25, 0.3) is 5.56 Å². The Morgan fingerprint density at radius 3 is 2.53 bits per heavy atom. The highest BCUT2D eigenvalue weighted by atomic mass is 32.2. The predicted molar refractivity (Wildman–Crippen MR) is 125 cm³/mol. The third kappa shape index (κ3) is 4.17. The van der Waals surface area contributed by atoms with Crippen molar-refractivity contribution in [3.8, 4) is 0 Å². The molecule has 1 aromatic carbocycles. The van der Waals surface area contributed by atoms with Crippen molar-refractivity contribution in [3.05, 3.63) is 80.5 Å². The second kappa shape index (κ2) is 8.02. The topological polar surface area (TPSA) is 73.8 Å². The van der Waals surface area contributed by atoms with Crippen LogP contribution in [0.5, 0.6) is 0 Å². The maximum absolute atomic E-state index is 13.4. The van der Waals surface area contributed by atoms with Crippen molar-refractivity contribution in [2.45, 2.75) is 42.6 Å². The summed E-state index contributed by atoms with van der Waals surface area (Å²) in [5, 5.41) is 4.64. The van der Waals surface area contributed by atoms with Gasteiger partial charge in [0.05, 0.1) is 28.9 Å². The van der Waals surface area contributed by atoms with E-state index in [2.05, 4.69) is 16.7 Å². The van der Waals surface area contributed by atoms with E-state index in [1.807, 2.05) is 6.07 Å². The minimum Gasteiger partial charge on any atom is -0.280 e. The number of nitrogens with zero attached hydrogens (tertiary/aromatic N) is 4. The van der Waals surface area contributed by atoms with Gasteiger partial charge in [-0.15, -0.1) is 11.3 Å². The molecule has 0 spiro atoms. The summed E-state index contributed by atoms with van der Waals surface area (Å²) in [5.74, 6) is -0.331. The number of fused-ring (bicyclic) bond motifs is 1. The summed E-state index contributed by atoms with van der Waals surface area (Å²) >= 11 is 2.92. The van der Waals surface area contributed by atoms with Crippen LogP contribution in [0.2, 0.25) is 0 Å². The first-order chi connectivity index (χ1) is 15.3. The standard InChI is InChI=1S/C22H22FN5O2S2/c1-22(7-8-22)25-32-18-9-17-19(29)27(13-15-10-24-26(2)11-15)21(30)28(20(17)31-18)12-14-3-5-16(23)6-4-14/h3-6,9-11,25H,7-8,12-13H2,1-2H3. The molecule has 7 nitrogen and oxygen atoms in total. The lowest BCUT2D eigenvalue weighted by atomic mass is 10.2. The summed E-state index contributed by atoms with van der Waals surface area (Å²) in [5.41, 5.74) is 0.982. The molecule has 0 unspecified atom stereocenters. The van der Waals surface area contributed by atoms with Crippen molar-refractivity contribution in [1.82, 2.24) is 23.6 Å². The summed E-state index contributed by atoms with van der Waals surface area (Å²) in [4.78, 5) is 27.3. The van der Waals surface area contributed by atoms with Gasteiger partial charge in [-0.05, 0) is 55.5 Å². The maximum Gasteiger partial charge on any atom is 0.332 e. The minimum absolute atomic E-state index is 0.134. The predicted octanol–water partition coefficient (Wildman–Crippen LogP) is 3.34. The number of halogens is 1. The molecular weight excluding hydrogens is 449 g/mol. The van der Waals surface area contributed by atoms with Gasteiger partial charge >= 0.3 is 5.69 Å². The van der Waals surface area contributed by atoms with Gasteiger partial charge in [0.1, 0.15) is 10.6 Å². The van der Waals surface area contributed by atoms with Gasteiger partial charge < -0.3 is 0 Å². The van der Waals surface area contributed by atoms with E-state index < -0.39 is 5.69 Å². The summed E-state index contributed by atoms with van der Waals surface area (Å²) < 4.78 is 22.3. The van der Waals surface area contributed by atoms with Gasteiger partial charge in [-0.25, -0.2) is 9.18 Å². The van der Waals surface area contributed by atoms with Crippen LogP contribution in [0.1, 0.15) is 30.9 Å². The molecule has 1 fully saturated rings. The maximum atomic E-state index is 13.4. The Balaban J connectivity index is 1.61. The molecule has 3 heterocycles. The van der Waals surface area contributed by atoms with Crippen LogP contribution in [0.15, 0.2) is 56.5 Å².